The molecular formula is C15H19N3O2. The highest BCUT2D eigenvalue weighted by Crippen LogP contribution is 2.38. The third-order valence-corrected chi connectivity index (χ3v) is 3.43. The van der Waals surface area contributed by atoms with E-state index in [1.165, 1.54) is 0 Å². The summed E-state index contributed by atoms with van der Waals surface area (Å²) in [7, 11) is 0. The molecule has 0 amide bonds. The number of hydrogen-bond donors (Lipinski definition) is 1. The van der Waals surface area contributed by atoms with Crippen molar-refractivity contribution in [1.82, 2.24) is 10.1 Å². The maximum absolute atomic E-state index is 5.96. The molecule has 2 N–H and O–H groups in total. The van der Waals surface area contributed by atoms with Crippen molar-refractivity contribution in [3.63, 3.8) is 0 Å². The molecule has 0 unspecified atom stereocenters. The first-order valence-electron chi connectivity index (χ1n) is 6.95. The Kier molecular flexibility index (Phi) is 3.44. The molecule has 106 valence electrons. The number of aromatic nitrogens is 2. The molecule has 1 heterocycles. The quantitative estimate of drug-likeness (QED) is 0.906. The van der Waals surface area contributed by atoms with E-state index in [0.717, 1.165) is 35.6 Å². The summed E-state index contributed by atoms with van der Waals surface area (Å²) in [6.07, 6.45) is 2.30. The molecule has 1 atom stereocenters. The number of nitrogens with zero attached hydrogens (tertiary/aromatic N) is 2. The van der Waals surface area contributed by atoms with Gasteiger partial charge in [-0.05, 0) is 38.3 Å². The minimum absolute atomic E-state index is 0.0714. The smallest absolute Gasteiger partial charge is 0.229 e. The van der Waals surface area contributed by atoms with Crippen LogP contribution in [-0.2, 0) is 6.61 Å². The first-order valence-corrected chi connectivity index (χ1v) is 6.95. The lowest BCUT2D eigenvalue weighted by molar-refractivity contribution is 0.281. The summed E-state index contributed by atoms with van der Waals surface area (Å²) in [4.78, 5) is 4.35. The van der Waals surface area contributed by atoms with Gasteiger partial charge in [-0.2, -0.15) is 4.98 Å². The van der Waals surface area contributed by atoms with Crippen LogP contribution in [0, 0.1) is 6.92 Å². The minimum Gasteiger partial charge on any atom is -0.485 e. The van der Waals surface area contributed by atoms with E-state index in [1.54, 1.807) is 0 Å². The molecule has 0 saturated heterocycles. The lowest BCUT2D eigenvalue weighted by Gasteiger charge is -2.13. The predicted octanol–water partition coefficient (Wildman–Crippen LogP) is 2.85. The fraction of sp³-hybridized carbons (Fsp3) is 0.467. The van der Waals surface area contributed by atoms with Crippen molar-refractivity contribution in [2.75, 3.05) is 0 Å². The van der Waals surface area contributed by atoms with Gasteiger partial charge < -0.3 is 15.0 Å². The highest BCUT2D eigenvalue weighted by Gasteiger charge is 2.29. The standard InChI is InChI=1S/C15H19N3O2/c1-9-3-6-12(10(2)16)13(7-9)19-8-14-17-15(20-18-14)11-4-5-11/h3,6-7,10-11H,4-5,8,16H2,1-2H3/t10-/m0/s1. The van der Waals surface area contributed by atoms with Crippen LogP contribution in [0.3, 0.4) is 0 Å². The lowest BCUT2D eigenvalue weighted by atomic mass is 10.1. The number of aryl methyl sites for hydroxylation is 1. The largest absolute Gasteiger partial charge is 0.485 e. The summed E-state index contributed by atoms with van der Waals surface area (Å²) in [6.45, 7) is 4.27. The van der Waals surface area contributed by atoms with Gasteiger partial charge in [0.1, 0.15) is 5.75 Å². The van der Waals surface area contributed by atoms with Crippen LogP contribution in [-0.4, -0.2) is 10.1 Å². The molecule has 1 aliphatic carbocycles. The number of benzene rings is 1. The van der Waals surface area contributed by atoms with Crippen LogP contribution in [0.25, 0.3) is 0 Å². The fourth-order valence-corrected chi connectivity index (χ4v) is 2.11. The maximum atomic E-state index is 5.96. The van der Waals surface area contributed by atoms with Gasteiger partial charge in [0.25, 0.3) is 0 Å². The van der Waals surface area contributed by atoms with Crippen LogP contribution < -0.4 is 10.5 Å². The van der Waals surface area contributed by atoms with Crippen LogP contribution in [0.1, 0.15) is 54.6 Å². The van der Waals surface area contributed by atoms with Gasteiger partial charge in [-0.1, -0.05) is 17.3 Å². The lowest BCUT2D eigenvalue weighted by Crippen LogP contribution is -2.08. The molecule has 0 bridgehead atoms. The van der Waals surface area contributed by atoms with Gasteiger partial charge in [-0.25, -0.2) is 0 Å². The van der Waals surface area contributed by atoms with Crippen LogP contribution in [0.15, 0.2) is 22.7 Å². The molecule has 5 heteroatoms. The first-order chi connectivity index (χ1) is 9.63. The molecule has 0 aliphatic heterocycles. The second-order valence-electron chi connectivity index (χ2n) is 5.44. The third kappa shape index (κ3) is 2.82. The molecule has 1 aromatic heterocycles. The van der Waals surface area contributed by atoms with E-state index in [4.69, 9.17) is 15.0 Å². The van der Waals surface area contributed by atoms with Crippen molar-refractivity contribution in [2.24, 2.45) is 5.73 Å². The zero-order valence-electron chi connectivity index (χ0n) is 11.8. The number of ether oxygens (including phenoxy) is 1. The van der Waals surface area contributed by atoms with Crippen LogP contribution in [0.4, 0.5) is 0 Å². The van der Waals surface area contributed by atoms with Crippen molar-refractivity contribution in [1.29, 1.82) is 0 Å². The molecule has 1 aliphatic rings. The average Bonchev–Trinajstić information content (AvgIpc) is 3.15. The normalized spacial score (nSPS) is 16.1. The Morgan fingerprint density at radius 3 is 2.95 bits per heavy atom. The van der Waals surface area contributed by atoms with Gasteiger partial charge in [0.2, 0.25) is 11.7 Å². The van der Waals surface area contributed by atoms with Gasteiger partial charge in [-0.3, -0.25) is 0 Å². The van der Waals surface area contributed by atoms with Crippen molar-refractivity contribution < 1.29 is 9.26 Å². The van der Waals surface area contributed by atoms with E-state index in [9.17, 15) is 0 Å². The van der Waals surface area contributed by atoms with Crippen LogP contribution >= 0.6 is 0 Å². The van der Waals surface area contributed by atoms with E-state index in [0.29, 0.717) is 18.3 Å². The monoisotopic (exact) mass is 273 g/mol. The highest BCUT2D eigenvalue weighted by atomic mass is 16.5. The van der Waals surface area contributed by atoms with E-state index in [1.807, 2.05) is 32.0 Å². The first kappa shape index (κ1) is 13.1. The van der Waals surface area contributed by atoms with Crippen molar-refractivity contribution >= 4 is 0 Å². The second-order valence-corrected chi connectivity index (χ2v) is 5.44. The maximum Gasteiger partial charge on any atom is 0.229 e. The van der Waals surface area contributed by atoms with E-state index in [-0.39, 0.29) is 6.04 Å². The Balaban J connectivity index is 1.71. The number of hydrogen-bond acceptors (Lipinski definition) is 5. The second kappa shape index (κ2) is 5.25. The van der Waals surface area contributed by atoms with Gasteiger partial charge >= 0.3 is 0 Å². The fourth-order valence-electron chi connectivity index (χ4n) is 2.11. The Bertz CT molecular complexity index is 603. The summed E-state index contributed by atoms with van der Waals surface area (Å²) in [5.41, 5.74) is 8.08. The van der Waals surface area contributed by atoms with Crippen LogP contribution in [0.2, 0.25) is 0 Å². The highest BCUT2D eigenvalue weighted by molar-refractivity contribution is 5.38. The van der Waals surface area contributed by atoms with E-state index >= 15 is 0 Å². The molecule has 0 spiro atoms. The molecular weight excluding hydrogens is 254 g/mol. The molecule has 1 aromatic carbocycles. The molecule has 3 rings (SSSR count). The van der Waals surface area contributed by atoms with Gasteiger partial charge in [0, 0.05) is 17.5 Å². The average molecular weight is 273 g/mol. The number of nitrogens with two attached hydrogens (primary N) is 1. The molecule has 1 fully saturated rings. The summed E-state index contributed by atoms with van der Waals surface area (Å²) >= 11 is 0. The van der Waals surface area contributed by atoms with Crippen LogP contribution in [0.5, 0.6) is 5.75 Å². The van der Waals surface area contributed by atoms with Gasteiger partial charge in [0.15, 0.2) is 6.61 Å². The summed E-state index contributed by atoms with van der Waals surface area (Å²) < 4.78 is 11.0. The zero-order valence-corrected chi connectivity index (χ0v) is 11.8. The zero-order chi connectivity index (χ0) is 14.1. The molecule has 2 aromatic rings. The Labute approximate surface area is 118 Å². The SMILES string of the molecule is Cc1ccc([C@H](C)N)c(OCc2noc(C3CC3)n2)c1. The van der Waals surface area contributed by atoms with E-state index < -0.39 is 0 Å². The van der Waals surface area contributed by atoms with Crippen molar-refractivity contribution in [3.8, 4) is 5.75 Å². The Morgan fingerprint density at radius 1 is 1.45 bits per heavy atom. The van der Waals surface area contributed by atoms with Gasteiger partial charge in [0.05, 0.1) is 0 Å². The topological polar surface area (TPSA) is 74.2 Å². The molecule has 0 radical (unpaired) electrons. The summed E-state index contributed by atoms with van der Waals surface area (Å²) in [6, 6.07) is 5.95. The van der Waals surface area contributed by atoms with Crippen molar-refractivity contribution in [2.45, 2.75) is 45.3 Å². The Morgan fingerprint density at radius 2 is 2.25 bits per heavy atom. The molecule has 1 saturated carbocycles. The van der Waals surface area contributed by atoms with E-state index in [2.05, 4.69) is 10.1 Å². The number of rotatable bonds is 5. The Hall–Kier alpha value is -1.88. The summed E-state index contributed by atoms with van der Waals surface area (Å²) in [5.74, 6) is 2.58. The minimum atomic E-state index is -0.0714. The van der Waals surface area contributed by atoms with Crippen molar-refractivity contribution in [3.05, 3.63) is 41.0 Å². The third-order valence-electron chi connectivity index (χ3n) is 3.43. The summed E-state index contributed by atoms with van der Waals surface area (Å²) in [5, 5.41) is 3.95. The van der Waals surface area contributed by atoms with Gasteiger partial charge in [-0.15, -0.1) is 0 Å². The molecule has 5 nitrogen and oxygen atoms in total. The molecule has 20 heavy (non-hydrogen) atoms. The predicted molar refractivity (Wildman–Crippen MR) is 74.4 cm³/mol.